The van der Waals surface area contributed by atoms with Crippen molar-refractivity contribution in [1.82, 2.24) is 9.80 Å². The van der Waals surface area contributed by atoms with Crippen molar-refractivity contribution in [3.05, 3.63) is 29.3 Å². The summed E-state index contributed by atoms with van der Waals surface area (Å²) in [7, 11) is 0. The molecule has 0 atom stereocenters. The third-order valence-electron chi connectivity index (χ3n) is 3.91. The monoisotopic (exact) mass is 289 g/mol. The summed E-state index contributed by atoms with van der Waals surface area (Å²) in [6.07, 6.45) is 0. The number of anilines is 1. The van der Waals surface area contributed by atoms with Gasteiger partial charge in [0.15, 0.2) is 0 Å². The summed E-state index contributed by atoms with van der Waals surface area (Å²) in [6.45, 7) is 13.2. The highest BCUT2D eigenvalue weighted by atomic mass is 16.2. The minimum Gasteiger partial charge on any atom is -0.322 e. The highest BCUT2D eigenvalue weighted by molar-refractivity contribution is 5.90. The molecule has 1 saturated heterocycles. The summed E-state index contributed by atoms with van der Waals surface area (Å²) in [5.41, 5.74) is 3.24. The van der Waals surface area contributed by atoms with E-state index in [9.17, 15) is 4.79 Å². The number of rotatable bonds is 3. The van der Waals surface area contributed by atoms with Gasteiger partial charge in [-0.3, -0.25) is 4.90 Å². The first-order valence-electron chi connectivity index (χ1n) is 7.81. The molecule has 1 aromatic carbocycles. The Morgan fingerprint density at radius 2 is 1.86 bits per heavy atom. The van der Waals surface area contributed by atoms with Crippen LogP contribution in [0.15, 0.2) is 18.2 Å². The van der Waals surface area contributed by atoms with Gasteiger partial charge in [0.05, 0.1) is 0 Å². The van der Waals surface area contributed by atoms with Crippen LogP contribution in [0.3, 0.4) is 0 Å². The number of amides is 2. The van der Waals surface area contributed by atoms with Gasteiger partial charge in [0.1, 0.15) is 0 Å². The van der Waals surface area contributed by atoms with Gasteiger partial charge < -0.3 is 10.2 Å². The Bertz CT molecular complexity index is 491. The second kappa shape index (κ2) is 6.94. The highest BCUT2D eigenvalue weighted by Gasteiger charge is 2.21. The van der Waals surface area contributed by atoms with Crippen molar-refractivity contribution in [1.29, 1.82) is 0 Å². The van der Waals surface area contributed by atoms with Crippen LogP contribution in [0.2, 0.25) is 0 Å². The van der Waals surface area contributed by atoms with Crippen LogP contribution in [0.25, 0.3) is 0 Å². The van der Waals surface area contributed by atoms with Crippen molar-refractivity contribution >= 4 is 11.7 Å². The summed E-state index contributed by atoms with van der Waals surface area (Å²) in [5, 5.41) is 3.03. The van der Waals surface area contributed by atoms with E-state index in [1.807, 2.05) is 24.0 Å². The first-order valence-corrected chi connectivity index (χ1v) is 7.81. The van der Waals surface area contributed by atoms with E-state index in [-0.39, 0.29) is 6.03 Å². The molecular formula is C17H27N3O. The van der Waals surface area contributed by atoms with Crippen molar-refractivity contribution < 1.29 is 4.79 Å². The Hall–Kier alpha value is -1.55. The lowest BCUT2D eigenvalue weighted by Gasteiger charge is -2.35. The van der Waals surface area contributed by atoms with E-state index in [0.717, 1.165) is 44.0 Å². The van der Waals surface area contributed by atoms with Gasteiger partial charge >= 0.3 is 6.03 Å². The van der Waals surface area contributed by atoms with E-state index >= 15 is 0 Å². The molecule has 1 fully saturated rings. The minimum atomic E-state index is 0.0196. The topological polar surface area (TPSA) is 35.6 Å². The van der Waals surface area contributed by atoms with Gasteiger partial charge in [-0.05, 0) is 31.4 Å². The number of piperazine rings is 1. The maximum Gasteiger partial charge on any atom is 0.321 e. The lowest BCUT2D eigenvalue weighted by Crippen LogP contribution is -2.50. The molecule has 2 rings (SSSR count). The molecule has 1 aliphatic rings. The Balaban J connectivity index is 1.87. The summed E-state index contributed by atoms with van der Waals surface area (Å²) >= 11 is 0. The molecule has 1 aliphatic heterocycles. The van der Waals surface area contributed by atoms with Crippen molar-refractivity contribution in [3.8, 4) is 0 Å². The molecule has 116 valence electrons. The van der Waals surface area contributed by atoms with Crippen LogP contribution in [-0.2, 0) is 0 Å². The fraction of sp³-hybridized carbons (Fsp3) is 0.588. The zero-order chi connectivity index (χ0) is 15.4. The fourth-order valence-electron chi connectivity index (χ4n) is 2.80. The van der Waals surface area contributed by atoms with Gasteiger partial charge in [0.25, 0.3) is 0 Å². The van der Waals surface area contributed by atoms with E-state index in [2.05, 4.69) is 37.1 Å². The third kappa shape index (κ3) is 4.46. The number of carbonyl (C=O) groups is 1. The molecule has 0 radical (unpaired) electrons. The molecule has 0 saturated carbocycles. The van der Waals surface area contributed by atoms with Crippen molar-refractivity contribution in [2.75, 3.05) is 38.0 Å². The second-order valence-corrected chi connectivity index (χ2v) is 6.43. The number of benzene rings is 1. The van der Waals surface area contributed by atoms with Gasteiger partial charge in [-0.25, -0.2) is 4.79 Å². The van der Waals surface area contributed by atoms with E-state index in [4.69, 9.17) is 0 Å². The first kappa shape index (κ1) is 15.8. The third-order valence-corrected chi connectivity index (χ3v) is 3.91. The summed E-state index contributed by atoms with van der Waals surface area (Å²) in [4.78, 5) is 16.7. The molecule has 0 unspecified atom stereocenters. The molecule has 2 amide bonds. The number of nitrogens with one attached hydrogen (secondary N) is 1. The van der Waals surface area contributed by atoms with E-state index in [0.29, 0.717) is 5.92 Å². The lowest BCUT2D eigenvalue weighted by atomic mass is 10.1. The molecule has 0 spiro atoms. The van der Waals surface area contributed by atoms with Crippen LogP contribution < -0.4 is 5.32 Å². The van der Waals surface area contributed by atoms with Gasteiger partial charge in [0.2, 0.25) is 0 Å². The predicted molar refractivity (Wildman–Crippen MR) is 87.8 cm³/mol. The Morgan fingerprint density at radius 1 is 1.19 bits per heavy atom. The molecular weight excluding hydrogens is 262 g/mol. The minimum absolute atomic E-state index is 0.0196. The number of carbonyl (C=O) groups excluding carboxylic acids is 1. The van der Waals surface area contributed by atoms with Crippen molar-refractivity contribution in [2.45, 2.75) is 27.7 Å². The molecule has 1 aromatic rings. The van der Waals surface area contributed by atoms with Crippen molar-refractivity contribution in [3.63, 3.8) is 0 Å². The Morgan fingerprint density at radius 3 is 2.43 bits per heavy atom. The molecule has 0 bridgehead atoms. The van der Waals surface area contributed by atoms with Crippen LogP contribution in [0.1, 0.15) is 25.0 Å². The van der Waals surface area contributed by atoms with E-state index in [1.54, 1.807) is 0 Å². The van der Waals surface area contributed by atoms with E-state index < -0.39 is 0 Å². The molecule has 0 aliphatic carbocycles. The van der Waals surface area contributed by atoms with Crippen LogP contribution in [0.5, 0.6) is 0 Å². The van der Waals surface area contributed by atoms with E-state index in [1.165, 1.54) is 5.56 Å². The molecule has 21 heavy (non-hydrogen) atoms. The first-order chi connectivity index (χ1) is 9.95. The zero-order valence-electron chi connectivity index (χ0n) is 13.6. The summed E-state index contributed by atoms with van der Waals surface area (Å²) in [6, 6.07) is 6.13. The van der Waals surface area contributed by atoms with Crippen LogP contribution in [-0.4, -0.2) is 48.6 Å². The zero-order valence-corrected chi connectivity index (χ0v) is 13.6. The molecule has 1 heterocycles. The number of hydrogen-bond donors (Lipinski definition) is 1. The average molecular weight is 289 g/mol. The van der Waals surface area contributed by atoms with Crippen LogP contribution in [0, 0.1) is 19.8 Å². The Labute approximate surface area is 128 Å². The maximum atomic E-state index is 12.3. The SMILES string of the molecule is Cc1ccc(NC(=O)N2CCN(CC(C)C)CC2)c(C)c1. The van der Waals surface area contributed by atoms with Gasteiger partial charge in [0, 0.05) is 38.4 Å². The van der Waals surface area contributed by atoms with Gasteiger partial charge in [-0.1, -0.05) is 31.5 Å². The normalized spacial score (nSPS) is 16.3. The Kier molecular flexibility index (Phi) is 5.23. The molecule has 0 aromatic heterocycles. The second-order valence-electron chi connectivity index (χ2n) is 6.43. The van der Waals surface area contributed by atoms with Crippen LogP contribution >= 0.6 is 0 Å². The predicted octanol–water partition coefficient (Wildman–Crippen LogP) is 3.11. The number of hydrogen-bond acceptors (Lipinski definition) is 2. The number of nitrogens with zero attached hydrogens (tertiary/aromatic N) is 2. The van der Waals surface area contributed by atoms with Gasteiger partial charge in [-0.15, -0.1) is 0 Å². The number of aryl methyl sites for hydroxylation is 2. The summed E-state index contributed by atoms with van der Waals surface area (Å²) in [5.74, 6) is 0.681. The molecule has 4 nitrogen and oxygen atoms in total. The van der Waals surface area contributed by atoms with Crippen LogP contribution in [0.4, 0.5) is 10.5 Å². The number of urea groups is 1. The molecule has 4 heteroatoms. The van der Waals surface area contributed by atoms with Crippen molar-refractivity contribution in [2.24, 2.45) is 5.92 Å². The summed E-state index contributed by atoms with van der Waals surface area (Å²) < 4.78 is 0. The van der Waals surface area contributed by atoms with Gasteiger partial charge in [-0.2, -0.15) is 0 Å². The smallest absolute Gasteiger partial charge is 0.321 e. The maximum absolute atomic E-state index is 12.3. The average Bonchev–Trinajstić information content (AvgIpc) is 2.42. The lowest BCUT2D eigenvalue weighted by molar-refractivity contribution is 0.138. The molecule has 1 N–H and O–H groups in total. The highest BCUT2D eigenvalue weighted by Crippen LogP contribution is 2.17. The quantitative estimate of drug-likeness (QED) is 0.928. The fourth-order valence-corrected chi connectivity index (χ4v) is 2.80. The largest absolute Gasteiger partial charge is 0.322 e. The standard InChI is InChI=1S/C17H27N3O/c1-13(2)12-19-7-9-20(10-8-19)17(21)18-16-6-5-14(3)11-15(16)4/h5-6,11,13H,7-10,12H2,1-4H3,(H,18,21).